The van der Waals surface area contributed by atoms with Gasteiger partial charge in [0.15, 0.2) is 0 Å². The number of hydrogen-bond acceptors (Lipinski definition) is 2. The Morgan fingerprint density at radius 3 is 2.64 bits per heavy atom. The molecule has 0 spiro atoms. The molecule has 1 rings (SSSR count). The molecule has 1 nitrogen and oxygen atoms in total. The summed E-state index contributed by atoms with van der Waals surface area (Å²) in [6, 6.07) is 0.446. The van der Waals surface area contributed by atoms with Gasteiger partial charge in [0.2, 0.25) is 0 Å². The van der Waals surface area contributed by atoms with E-state index >= 15 is 0 Å². The van der Waals surface area contributed by atoms with Crippen LogP contribution < -0.4 is 5.73 Å². The van der Waals surface area contributed by atoms with Gasteiger partial charge >= 0.3 is 0 Å². The highest BCUT2D eigenvalue weighted by atomic mass is 32.2. The summed E-state index contributed by atoms with van der Waals surface area (Å²) in [5, 5.41) is 0. The lowest BCUT2D eigenvalue weighted by Gasteiger charge is -2.22. The summed E-state index contributed by atoms with van der Waals surface area (Å²) in [7, 11) is 0. The third-order valence-corrected chi connectivity index (χ3v) is 4.28. The van der Waals surface area contributed by atoms with Crippen molar-refractivity contribution < 1.29 is 0 Å². The van der Waals surface area contributed by atoms with Crippen molar-refractivity contribution in [3.05, 3.63) is 0 Å². The Morgan fingerprint density at radius 2 is 2.00 bits per heavy atom. The normalized spacial score (nSPS) is 21.0. The highest BCUT2D eigenvalue weighted by Crippen LogP contribution is 2.27. The third kappa shape index (κ3) is 5.26. The molecular formula is C12H25NS. The fourth-order valence-corrected chi connectivity index (χ4v) is 2.98. The monoisotopic (exact) mass is 215 g/mol. The van der Waals surface area contributed by atoms with E-state index in [4.69, 9.17) is 5.73 Å². The van der Waals surface area contributed by atoms with Gasteiger partial charge in [0, 0.05) is 11.8 Å². The molecule has 1 aliphatic rings. The van der Waals surface area contributed by atoms with E-state index in [0.717, 1.165) is 11.7 Å². The summed E-state index contributed by atoms with van der Waals surface area (Å²) in [4.78, 5) is 0. The summed E-state index contributed by atoms with van der Waals surface area (Å²) in [6.45, 7) is 2.21. The van der Waals surface area contributed by atoms with E-state index in [1.807, 2.05) is 11.8 Å². The number of hydrogen-bond donors (Lipinski definition) is 1. The summed E-state index contributed by atoms with van der Waals surface area (Å²) in [5.41, 5.74) is 6.06. The predicted molar refractivity (Wildman–Crippen MR) is 66.8 cm³/mol. The maximum Gasteiger partial charge on any atom is 0.0130 e. The van der Waals surface area contributed by atoms with Crippen molar-refractivity contribution in [2.75, 3.05) is 11.5 Å². The Hall–Kier alpha value is 0.310. The standard InChI is InChI=1S/C12H25NS/c1-2-14-10-12(13)9-8-11-6-4-3-5-7-11/h11-12H,2-10,13H2,1H3/t12-/m0/s1. The summed E-state index contributed by atoms with van der Waals surface area (Å²) in [6.07, 6.45) is 9.95. The lowest BCUT2D eigenvalue weighted by atomic mass is 9.85. The minimum Gasteiger partial charge on any atom is -0.327 e. The van der Waals surface area contributed by atoms with Gasteiger partial charge in [-0.15, -0.1) is 0 Å². The van der Waals surface area contributed by atoms with Gasteiger partial charge in [-0.25, -0.2) is 0 Å². The lowest BCUT2D eigenvalue weighted by molar-refractivity contribution is 0.326. The second-order valence-electron chi connectivity index (χ2n) is 4.50. The third-order valence-electron chi connectivity index (χ3n) is 3.21. The van der Waals surface area contributed by atoms with E-state index in [9.17, 15) is 0 Å². The first-order chi connectivity index (χ1) is 6.83. The van der Waals surface area contributed by atoms with E-state index in [-0.39, 0.29) is 0 Å². The Balaban J connectivity index is 2.00. The van der Waals surface area contributed by atoms with Crippen LogP contribution in [0, 0.1) is 5.92 Å². The SMILES string of the molecule is CCSC[C@@H](N)CCC1CCCCC1. The highest BCUT2D eigenvalue weighted by Gasteiger charge is 2.14. The van der Waals surface area contributed by atoms with Crippen molar-refractivity contribution >= 4 is 11.8 Å². The molecule has 1 aliphatic carbocycles. The zero-order valence-electron chi connectivity index (χ0n) is 9.50. The molecule has 0 heterocycles. The fourth-order valence-electron chi connectivity index (χ4n) is 2.28. The fraction of sp³-hybridized carbons (Fsp3) is 1.00. The van der Waals surface area contributed by atoms with Gasteiger partial charge in [0.05, 0.1) is 0 Å². The Bertz CT molecular complexity index is 132. The largest absolute Gasteiger partial charge is 0.327 e. The molecule has 0 radical (unpaired) electrons. The van der Waals surface area contributed by atoms with Crippen LogP contribution >= 0.6 is 11.8 Å². The molecule has 1 saturated carbocycles. The van der Waals surface area contributed by atoms with Crippen molar-refractivity contribution in [2.24, 2.45) is 11.7 Å². The molecule has 0 aromatic carbocycles. The summed E-state index contributed by atoms with van der Waals surface area (Å²) >= 11 is 1.98. The minimum absolute atomic E-state index is 0.446. The molecule has 2 heteroatoms. The molecule has 2 N–H and O–H groups in total. The zero-order valence-corrected chi connectivity index (χ0v) is 10.3. The van der Waals surface area contributed by atoms with Crippen LogP contribution in [0.1, 0.15) is 51.9 Å². The second-order valence-corrected chi connectivity index (χ2v) is 5.82. The van der Waals surface area contributed by atoms with E-state index < -0.39 is 0 Å². The van der Waals surface area contributed by atoms with Crippen molar-refractivity contribution in [2.45, 2.75) is 57.9 Å². The molecule has 14 heavy (non-hydrogen) atoms. The predicted octanol–water partition coefficient (Wildman–Crippen LogP) is 3.43. The van der Waals surface area contributed by atoms with E-state index in [0.29, 0.717) is 6.04 Å². The molecule has 1 fully saturated rings. The molecule has 0 bridgehead atoms. The smallest absolute Gasteiger partial charge is 0.0130 e. The van der Waals surface area contributed by atoms with Gasteiger partial charge in [0.25, 0.3) is 0 Å². The molecule has 0 amide bonds. The van der Waals surface area contributed by atoms with Crippen LogP contribution in [-0.2, 0) is 0 Å². The molecule has 0 aromatic rings. The van der Waals surface area contributed by atoms with Crippen molar-refractivity contribution in [1.82, 2.24) is 0 Å². The van der Waals surface area contributed by atoms with Crippen LogP contribution in [0.4, 0.5) is 0 Å². The van der Waals surface area contributed by atoms with E-state index in [1.54, 1.807) is 0 Å². The van der Waals surface area contributed by atoms with Crippen LogP contribution in [-0.4, -0.2) is 17.5 Å². The average Bonchev–Trinajstić information content (AvgIpc) is 2.25. The number of thioether (sulfide) groups is 1. The van der Waals surface area contributed by atoms with Crippen molar-refractivity contribution in [3.8, 4) is 0 Å². The summed E-state index contributed by atoms with van der Waals surface area (Å²) in [5.74, 6) is 3.36. The first-order valence-electron chi connectivity index (χ1n) is 6.16. The molecule has 0 aliphatic heterocycles. The van der Waals surface area contributed by atoms with Gasteiger partial charge in [-0.3, -0.25) is 0 Å². The second kappa shape index (κ2) is 7.58. The maximum absolute atomic E-state index is 6.06. The lowest BCUT2D eigenvalue weighted by Crippen LogP contribution is -2.24. The Kier molecular flexibility index (Phi) is 6.70. The zero-order chi connectivity index (χ0) is 10.2. The van der Waals surface area contributed by atoms with E-state index in [1.165, 1.54) is 50.7 Å². The molecule has 0 saturated heterocycles. The average molecular weight is 215 g/mol. The van der Waals surface area contributed by atoms with Gasteiger partial charge in [0.1, 0.15) is 0 Å². The van der Waals surface area contributed by atoms with Crippen molar-refractivity contribution in [3.63, 3.8) is 0 Å². The van der Waals surface area contributed by atoms with E-state index in [2.05, 4.69) is 6.92 Å². The highest BCUT2D eigenvalue weighted by molar-refractivity contribution is 7.99. The van der Waals surface area contributed by atoms with Crippen LogP contribution in [0.25, 0.3) is 0 Å². The maximum atomic E-state index is 6.06. The first kappa shape index (κ1) is 12.4. The minimum atomic E-state index is 0.446. The topological polar surface area (TPSA) is 26.0 Å². The first-order valence-corrected chi connectivity index (χ1v) is 7.31. The number of rotatable bonds is 6. The van der Waals surface area contributed by atoms with Gasteiger partial charge < -0.3 is 5.73 Å². The van der Waals surface area contributed by atoms with Crippen LogP contribution in [0.5, 0.6) is 0 Å². The van der Waals surface area contributed by atoms with Crippen LogP contribution in [0.15, 0.2) is 0 Å². The van der Waals surface area contributed by atoms with Crippen LogP contribution in [0.3, 0.4) is 0 Å². The molecule has 84 valence electrons. The Labute approximate surface area is 93.2 Å². The van der Waals surface area contributed by atoms with Crippen molar-refractivity contribution in [1.29, 1.82) is 0 Å². The Morgan fingerprint density at radius 1 is 1.29 bits per heavy atom. The van der Waals surface area contributed by atoms with Gasteiger partial charge in [-0.05, 0) is 24.5 Å². The van der Waals surface area contributed by atoms with Crippen LogP contribution in [0.2, 0.25) is 0 Å². The van der Waals surface area contributed by atoms with Gasteiger partial charge in [-0.1, -0.05) is 39.0 Å². The molecular weight excluding hydrogens is 190 g/mol. The molecule has 0 aromatic heterocycles. The number of nitrogens with two attached hydrogens (primary N) is 1. The molecule has 1 atom stereocenters. The molecule has 0 unspecified atom stereocenters. The summed E-state index contributed by atoms with van der Waals surface area (Å²) < 4.78 is 0. The van der Waals surface area contributed by atoms with Gasteiger partial charge in [-0.2, -0.15) is 11.8 Å². The quantitative estimate of drug-likeness (QED) is 0.734.